The van der Waals surface area contributed by atoms with Gasteiger partial charge in [-0.2, -0.15) is 0 Å². The molecule has 1 fully saturated rings. The van der Waals surface area contributed by atoms with Gasteiger partial charge in [-0.15, -0.1) is 0 Å². The molecule has 5 nitrogen and oxygen atoms in total. The van der Waals surface area contributed by atoms with Crippen LogP contribution in [0.3, 0.4) is 0 Å². The Kier molecular flexibility index (Phi) is 8.10. The zero-order valence-corrected chi connectivity index (χ0v) is 21.0. The third-order valence-corrected chi connectivity index (χ3v) is 9.86. The fourth-order valence-electron chi connectivity index (χ4n) is 5.06. The van der Waals surface area contributed by atoms with Crippen molar-refractivity contribution in [3.05, 3.63) is 78.9 Å². The monoisotopic (exact) mass is 478 g/mol. The van der Waals surface area contributed by atoms with Gasteiger partial charge >= 0.3 is 0 Å². The van der Waals surface area contributed by atoms with E-state index in [9.17, 15) is 5.11 Å². The van der Waals surface area contributed by atoms with E-state index in [1.54, 1.807) is 7.11 Å². The molecule has 0 radical (unpaired) electrons. The van der Waals surface area contributed by atoms with Crippen LogP contribution in [0.1, 0.15) is 19.8 Å². The van der Waals surface area contributed by atoms with Gasteiger partial charge < -0.3 is 19.3 Å². The van der Waals surface area contributed by atoms with Crippen LogP contribution < -0.4 is 25.6 Å². The van der Waals surface area contributed by atoms with Gasteiger partial charge in [-0.1, -0.05) is 73.7 Å². The zero-order chi connectivity index (χ0) is 24.0. The molecule has 180 valence electrons. The molecule has 0 aromatic heterocycles. The van der Waals surface area contributed by atoms with Crippen LogP contribution in [0, 0.1) is 0 Å². The summed E-state index contributed by atoms with van der Waals surface area (Å²) in [4.78, 5) is 4.68. The highest BCUT2D eigenvalue weighted by Gasteiger charge is 2.37. The third kappa shape index (κ3) is 4.79. The number of para-hydroxylation sites is 1. The van der Waals surface area contributed by atoms with Crippen molar-refractivity contribution in [2.75, 3.05) is 44.8 Å². The second-order valence-corrected chi connectivity index (χ2v) is 11.4. The van der Waals surface area contributed by atoms with E-state index in [2.05, 4.69) is 16.7 Å². The van der Waals surface area contributed by atoms with E-state index in [4.69, 9.17) is 4.74 Å². The number of ether oxygens (including phenoxy) is 1. The predicted octanol–water partition coefficient (Wildman–Crippen LogP) is 3.62. The van der Waals surface area contributed by atoms with Gasteiger partial charge in [0.1, 0.15) is 5.75 Å². The van der Waals surface area contributed by atoms with Crippen LogP contribution in [0.25, 0.3) is 0 Å². The maximum Gasteiger partial charge on any atom is 0.173 e. The lowest BCUT2D eigenvalue weighted by Gasteiger charge is -2.35. The normalized spacial score (nSPS) is 16.2. The molecule has 3 aromatic carbocycles. The first-order valence-corrected chi connectivity index (χ1v) is 13.8. The molecule has 0 saturated carbocycles. The molecule has 1 atom stereocenters. The van der Waals surface area contributed by atoms with Gasteiger partial charge in [-0.25, -0.2) is 0 Å². The largest absolute Gasteiger partial charge is 0.495 e. The molecule has 0 spiro atoms. The first-order valence-electron chi connectivity index (χ1n) is 12.1. The van der Waals surface area contributed by atoms with Crippen molar-refractivity contribution in [2.24, 2.45) is 0 Å². The molecule has 0 aliphatic carbocycles. The van der Waals surface area contributed by atoms with Crippen LogP contribution in [-0.2, 0) is 4.57 Å². The highest BCUT2D eigenvalue weighted by molar-refractivity contribution is 7.85. The molecule has 6 heteroatoms. The lowest BCUT2D eigenvalue weighted by molar-refractivity contribution is 0.194. The summed E-state index contributed by atoms with van der Waals surface area (Å²) < 4.78 is 21.1. The number of hydrogen-bond donors (Lipinski definition) is 1. The van der Waals surface area contributed by atoms with E-state index >= 15 is 4.57 Å². The molecule has 1 aliphatic heterocycles. The van der Waals surface area contributed by atoms with Gasteiger partial charge in [-0.05, 0) is 31.5 Å². The molecule has 0 unspecified atom stereocenters. The first-order chi connectivity index (χ1) is 16.6. The Morgan fingerprint density at radius 2 is 1.65 bits per heavy atom. The average Bonchev–Trinajstić information content (AvgIpc) is 3.36. The van der Waals surface area contributed by atoms with E-state index in [1.807, 2.05) is 78.9 Å². The molecule has 3 aromatic rings. The fourth-order valence-corrected chi connectivity index (χ4v) is 7.93. The molecule has 1 saturated heterocycles. The van der Waals surface area contributed by atoms with Gasteiger partial charge in [0.05, 0.1) is 19.4 Å². The van der Waals surface area contributed by atoms with Crippen LogP contribution in [-0.4, -0.2) is 55.9 Å². The average molecular weight is 479 g/mol. The molecular weight excluding hydrogens is 443 g/mol. The number of rotatable bonds is 10. The van der Waals surface area contributed by atoms with Gasteiger partial charge in [-0.3, -0.25) is 4.90 Å². The first kappa shape index (κ1) is 24.5. The van der Waals surface area contributed by atoms with E-state index in [1.165, 1.54) is 0 Å². The van der Waals surface area contributed by atoms with Gasteiger partial charge in [0.15, 0.2) is 7.14 Å². The number of methoxy groups -OCH3 is 1. The number of aliphatic hydroxyl groups excluding tert-OH is 1. The third-order valence-electron chi connectivity index (χ3n) is 6.77. The second-order valence-electron chi connectivity index (χ2n) is 8.71. The molecule has 4 rings (SSSR count). The van der Waals surface area contributed by atoms with Gasteiger partial charge in [0.25, 0.3) is 0 Å². The Hall–Kier alpha value is -2.59. The van der Waals surface area contributed by atoms with Crippen molar-refractivity contribution in [2.45, 2.75) is 25.8 Å². The summed E-state index contributed by atoms with van der Waals surface area (Å²) in [6.45, 7) is 5.57. The smallest absolute Gasteiger partial charge is 0.173 e. The summed E-state index contributed by atoms with van der Waals surface area (Å²) in [5.41, 5.74) is 0.934. The maximum absolute atomic E-state index is 15.2. The lowest BCUT2D eigenvalue weighted by Crippen LogP contribution is -2.43. The minimum absolute atomic E-state index is 0.150. The number of benzene rings is 3. The van der Waals surface area contributed by atoms with Crippen molar-refractivity contribution in [3.63, 3.8) is 0 Å². The summed E-state index contributed by atoms with van der Waals surface area (Å²) in [6, 6.07) is 25.8. The van der Waals surface area contributed by atoms with E-state index in [-0.39, 0.29) is 12.6 Å². The highest BCUT2D eigenvalue weighted by atomic mass is 31.2. The standard InChI is InChI=1S/C28H35N2O3P/c1-3-29(20-21-31)22-23-12-11-19-30(23)28-26(33-2)17-10-18-27(28)34(32,24-13-6-4-7-14-24)25-15-8-5-9-16-25/h4-10,13-18,23,31H,3,11-12,19-22H2,1-2H3/t23-/m0/s1. The minimum Gasteiger partial charge on any atom is -0.495 e. The summed E-state index contributed by atoms with van der Waals surface area (Å²) >= 11 is 0. The van der Waals surface area contributed by atoms with Crippen LogP contribution in [0.15, 0.2) is 78.9 Å². The van der Waals surface area contributed by atoms with Gasteiger partial charge in [0.2, 0.25) is 0 Å². The maximum atomic E-state index is 15.2. The molecular formula is C28H35N2O3P. The quantitative estimate of drug-likeness (QED) is 0.451. The van der Waals surface area contributed by atoms with Crippen LogP contribution in [0.2, 0.25) is 0 Å². The number of aliphatic hydroxyl groups is 1. The Labute approximate surface area is 203 Å². The Morgan fingerprint density at radius 3 is 2.21 bits per heavy atom. The minimum atomic E-state index is -3.16. The van der Waals surface area contributed by atoms with Crippen molar-refractivity contribution in [3.8, 4) is 5.75 Å². The van der Waals surface area contributed by atoms with E-state index < -0.39 is 7.14 Å². The van der Waals surface area contributed by atoms with Crippen LogP contribution >= 0.6 is 7.14 Å². The van der Waals surface area contributed by atoms with Crippen molar-refractivity contribution >= 4 is 28.7 Å². The van der Waals surface area contributed by atoms with Crippen LogP contribution in [0.4, 0.5) is 5.69 Å². The number of hydrogen-bond acceptors (Lipinski definition) is 5. The van der Waals surface area contributed by atoms with E-state index in [0.29, 0.717) is 6.54 Å². The number of nitrogens with zero attached hydrogens (tertiary/aromatic N) is 2. The lowest BCUT2D eigenvalue weighted by atomic mass is 10.1. The van der Waals surface area contributed by atoms with Crippen molar-refractivity contribution in [1.82, 2.24) is 4.90 Å². The Bertz CT molecular complexity index is 1060. The summed E-state index contributed by atoms with van der Waals surface area (Å²) in [5, 5.41) is 12.0. The zero-order valence-electron chi connectivity index (χ0n) is 20.1. The van der Waals surface area contributed by atoms with Crippen molar-refractivity contribution in [1.29, 1.82) is 0 Å². The molecule has 1 N–H and O–H groups in total. The van der Waals surface area contributed by atoms with Gasteiger partial charge in [0, 0.05) is 41.6 Å². The van der Waals surface area contributed by atoms with Crippen LogP contribution in [0.5, 0.6) is 5.75 Å². The summed E-state index contributed by atoms with van der Waals surface area (Å²) in [7, 11) is -1.47. The fraction of sp³-hybridized carbons (Fsp3) is 0.357. The molecule has 34 heavy (non-hydrogen) atoms. The molecule has 1 heterocycles. The Morgan fingerprint density at radius 1 is 1.00 bits per heavy atom. The topological polar surface area (TPSA) is 53.0 Å². The second kappa shape index (κ2) is 11.2. The number of likely N-dealkylation sites (N-methyl/N-ethyl adjacent to an activating group) is 1. The summed E-state index contributed by atoms with van der Waals surface area (Å²) in [6.07, 6.45) is 2.13. The molecule has 1 aliphatic rings. The predicted molar refractivity (Wildman–Crippen MR) is 142 cm³/mol. The van der Waals surface area contributed by atoms with E-state index in [0.717, 1.165) is 59.8 Å². The summed E-state index contributed by atoms with van der Waals surface area (Å²) in [5.74, 6) is 0.752. The molecule has 0 amide bonds. The number of anilines is 1. The molecule has 0 bridgehead atoms. The SMILES string of the molecule is CCN(CCO)C[C@@H]1CCCN1c1c(OC)cccc1P(=O)(c1ccccc1)c1ccccc1. The highest BCUT2D eigenvalue weighted by Crippen LogP contribution is 2.48. The Balaban J connectivity index is 1.88. The van der Waals surface area contributed by atoms with Crippen molar-refractivity contribution < 1.29 is 14.4 Å².